The molecule has 0 saturated heterocycles. The van der Waals surface area contributed by atoms with Crippen LogP contribution in [0.2, 0.25) is 0 Å². The summed E-state index contributed by atoms with van der Waals surface area (Å²) in [5.41, 5.74) is 8.23. The van der Waals surface area contributed by atoms with Gasteiger partial charge in [0.1, 0.15) is 0 Å². The molecule has 17 heavy (non-hydrogen) atoms. The smallest absolute Gasteiger partial charge is 0.0582 e. The Morgan fingerprint density at radius 3 is 2.94 bits per heavy atom. The molecule has 1 aromatic rings. The van der Waals surface area contributed by atoms with Crippen LogP contribution in [0.5, 0.6) is 0 Å². The Bertz CT molecular complexity index is 380. The second kappa shape index (κ2) is 5.78. The summed E-state index contributed by atoms with van der Waals surface area (Å²) in [7, 11) is 1.82. The first-order valence-corrected chi connectivity index (χ1v) is 7.13. The van der Waals surface area contributed by atoms with Gasteiger partial charge in [-0.25, -0.2) is 0 Å². The molecule has 2 N–H and O–H groups in total. The van der Waals surface area contributed by atoms with Crippen molar-refractivity contribution in [1.29, 1.82) is 0 Å². The van der Waals surface area contributed by atoms with E-state index in [9.17, 15) is 0 Å². The topological polar surface area (TPSA) is 35.2 Å². The molecule has 0 amide bonds. The lowest BCUT2D eigenvalue weighted by Crippen LogP contribution is -2.23. The predicted octanol–water partition coefficient (Wildman–Crippen LogP) is 3.63. The fraction of sp³-hybridized carbons (Fsp3) is 0.571. The standard InChI is InChI=1S/C14H21NOS/c1-10-5-3-8-13(14(10)15)17-12-7-4-6-11(9-12)16-2/h3,5,8,11-12H,4,6-7,9,15H2,1-2H3. The van der Waals surface area contributed by atoms with Gasteiger partial charge in [-0.05, 0) is 44.2 Å². The molecule has 0 radical (unpaired) electrons. The Balaban J connectivity index is 2.02. The number of methoxy groups -OCH3 is 1. The van der Waals surface area contributed by atoms with Crippen LogP contribution < -0.4 is 5.73 Å². The minimum atomic E-state index is 0.437. The molecule has 1 aliphatic rings. The Kier molecular flexibility index (Phi) is 4.35. The zero-order valence-electron chi connectivity index (χ0n) is 10.6. The van der Waals surface area contributed by atoms with E-state index in [0.29, 0.717) is 11.4 Å². The molecular weight excluding hydrogens is 230 g/mol. The van der Waals surface area contributed by atoms with E-state index in [0.717, 1.165) is 12.1 Å². The quantitative estimate of drug-likeness (QED) is 0.833. The lowest BCUT2D eigenvalue weighted by atomic mass is 9.97. The summed E-state index contributed by atoms with van der Waals surface area (Å²) in [4.78, 5) is 1.23. The molecule has 1 aromatic carbocycles. The van der Waals surface area contributed by atoms with Gasteiger partial charge in [0.2, 0.25) is 0 Å². The van der Waals surface area contributed by atoms with Gasteiger partial charge < -0.3 is 10.5 Å². The van der Waals surface area contributed by atoms with Crippen molar-refractivity contribution in [3.8, 4) is 0 Å². The number of benzene rings is 1. The van der Waals surface area contributed by atoms with Gasteiger partial charge in [-0.3, -0.25) is 0 Å². The number of hydrogen-bond donors (Lipinski definition) is 1. The van der Waals surface area contributed by atoms with Crippen LogP contribution in [0.3, 0.4) is 0 Å². The van der Waals surface area contributed by atoms with Crippen molar-refractivity contribution in [3.05, 3.63) is 23.8 Å². The largest absolute Gasteiger partial charge is 0.398 e. The van der Waals surface area contributed by atoms with Gasteiger partial charge in [-0.1, -0.05) is 12.1 Å². The van der Waals surface area contributed by atoms with Crippen LogP contribution in [0, 0.1) is 6.92 Å². The summed E-state index contributed by atoms with van der Waals surface area (Å²) >= 11 is 1.92. The first-order valence-electron chi connectivity index (χ1n) is 6.25. The number of nitrogens with two attached hydrogens (primary N) is 1. The van der Waals surface area contributed by atoms with Gasteiger partial charge in [0, 0.05) is 22.9 Å². The molecule has 2 nitrogen and oxygen atoms in total. The molecule has 0 aromatic heterocycles. The number of nitrogen functional groups attached to an aromatic ring is 1. The van der Waals surface area contributed by atoms with Crippen molar-refractivity contribution in [2.24, 2.45) is 0 Å². The third-order valence-electron chi connectivity index (χ3n) is 3.49. The van der Waals surface area contributed by atoms with Crippen molar-refractivity contribution in [2.75, 3.05) is 12.8 Å². The first kappa shape index (κ1) is 12.8. The van der Waals surface area contributed by atoms with Crippen molar-refractivity contribution in [3.63, 3.8) is 0 Å². The number of thioether (sulfide) groups is 1. The molecule has 1 aliphatic carbocycles. The van der Waals surface area contributed by atoms with E-state index in [2.05, 4.69) is 25.1 Å². The molecule has 0 heterocycles. The van der Waals surface area contributed by atoms with Crippen LogP contribution in [0.4, 0.5) is 5.69 Å². The minimum absolute atomic E-state index is 0.437. The molecule has 1 saturated carbocycles. The highest BCUT2D eigenvalue weighted by atomic mass is 32.2. The predicted molar refractivity (Wildman–Crippen MR) is 74.5 cm³/mol. The number of rotatable bonds is 3. The third-order valence-corrected chi connectivity index (χ3v) is 4.86. The molecule has 2 rings (SSSR count). The van der Waals surface area contributed by atoms with Gasteiger partial charge in [-0.15, -0.1) is 11.8 Å². The van der Waals surface area contributed by atoms with Crippen LogP contribution in [0.15, 0.2) is 23.1 Å². The summed E-state index contributed by atoms with van der Waals surface area (Å²) in [5.74, 6) is 0. The first-order chi connectivity index (χ1) is 8.20. The Labute approximate surface area is 108 Å². The van der Waals surface area contributed by atoms with E-state index in [1.165, 1.54) is 29.7 Å². The maximum absolute atomic E-state index is 6.11. The van der Waals surface area contributed by atoms with Crippen LogP contribution in [0.25, 0.3) is 0 Å². The fourth-order valence-corrected chi connectivity index (χ4v) is 3.76. The molecule has 2 unspecified atom stereocenters. The van der Waals surface area contributed by atoms with E-state index in [-0.39, 0.29) is 0 Å². The zero-order valence-corrected chi connectivity index (χ0v) is 11.4. The molecule has 0 spiro atoms. The maximum Gasteiger partial charge on any atom is 0.0582 e. The van der Waals surface area contributed by atoms with Crippen LogP contribution >= 0.6 is 11.8 Å². The van der Waals surface area contributed by atoms with Crippen LogP contribution in [-0.4, -0.2) is 18.5 Å². The fourth-order valence-electron chi connectivity index (χ4n) is 2.36. The second-order valence-corrected chi connectivity index (χ2v) is 6.09. The minimum Gasteiger partial charge on any atom is -0.398 e. The Morgan fingerprint density at radius 1 is 1.35 bits per heavy atom. The summed E-state index contributed by atoms with van der Waals surface area (Å²) in [6.45, 7) is 2.07. The summed E-state index contributed by atoms with van der Waals surface area (Å²) < 4.78 is 5.47. The zero-order chi connectivity index (χ0) is 12.3. The van der Waals surface area contributed by atoms with Crippen molar-refractivity contribution >= 4 is 17.4 Å². The van der Waals surface area contributed by atoms with E-state index >= 15 is 0 Å². The SMILES string of the molecule is COC1CCCC(Sc2cccc(C)c2N)C1. The van der Waals surface area contributed by atoms with E-state index < -0.39 is 0 Å². The molecule has 0 bridgehead atoms. The molecule has 0 aliphatic heterocycles. The van der Waals surface area contributed by atoms with Gasteiger partial charge >= 0.3 is 0 Å². The monoisotopic (exact) mass is 251 g/mol. The molecule has 1 fully saturated rings. The second-order valence-electron chi connectivity index (χ2n) is 4.75. The van der Waals surface area contributed by atoms with Gasteiger partial charge in [-0.2, -0.15) is 0 Å². The number of hydrogen-bond acceptors (Lipinski definition) is 3. The van der Waals surface area contributed by atoms with Gasteiger partial charge in [0.05, 0.1) is 6.10 Å². The maximum atomic E-state index is 6.11. The Morgan fingerprint density at radius 2 is 2.18 bits per heavy atom. The van der Waals surface area contributed by atoms with E-state index in [1.807, 2.05) is 18.9 Å². The highest BCUT2D eigenvalue weighted by molar-refractivity contribution is 8.00. The summed E-state index contributed by atoms with van der Waals surface area (Å²) in [6, 6.07) is 6.28. The van der Waals surface area contributed by atoms with E-state index in [1.54, 1.807) is 0 Å². The van der Waals surface area contributed by atoms with Crippen molar-refractivity contribution in [1.82, 2.24) is 0 Å². The average molecular weight is 251 g/mol. The van der Waals surface area contributed by atoms with Crippen molar-refractivity contribution < 1.29 is 4.74 Å². The number of anilines is 1. The van der Waals surface area contributed by atoms with Crippen LogP contribution in [-0.2, 0) is 4.74 Å². The molecular formula is C14H21NOS. The summed E-state index contributed by atoms with van der Waals surface area (Å²) in [6.07, 6.45) is 5.33. The lowest BCUT2D eigenvalue weighted by molar-refractivity contribution is 0.0730. The highest BCUT2D eigenvalue weighted by Gasteiger charge is 2.23. The lowest BCUT2D eigenvalue weighted by Gasteiger charge is -2.28. The average Bonchev–Trinajstić information content (AvgIpc) is 2.35. The van der Waals surface area contributed by atoms with Crippen LogP contribution in [0.1, 0.15) is 31.2 Å². The summed E-state index contributed by atoms with van der Waals surface area (Å²) in [5, 5.41) is 0.651. The Hall–Kier alpha value is -0.670. The van der Waals surface area contributed by atoms with E-state index in [4.69, 9.17) is 10.5 Å². The number of aryl methyl sites for hydroxylation is 1. The van der Waals surface area contributed by atoms with Gasteiger partial charge in [0.15, 0.2) is 0 Å². The normalized spacial score (nSPS) is 24.8. The third kappa shape index (κ3) is 3.17. The number of ether oxygens (including phenoxy) is 1. The number of para-hydroxylation sites is 1. The molecule has 94 valence electrons. The highest BCUT2D eigenvalue weighted by Crippen LogP contribution is 2.37. The van der Waals surface area contributed by atoms with Gasteiger partial charge in [0.25, 0.3) is 0 Å². The molecule has 2 atom stereocenters. The molecule has 3 heteroatoms. The van der Waals surface area contributed by atoms with Crippen molar-refractivity contribution in [2.45, 2.75) is 48.9 Å².